The van der Waals surface area contributed by atoms with Gasteiger partial charge in [0.05, 0.1) is 12.3 Å². The smallest absolute Gasteiger partial charge is 0.153 e. The summed E-state index contributed by atoms with van der Waals surface area (Å²) in [5.41, 5.74) is 1.83. The van der Waals surface area contributed by atoms with Gasteiger partial charge < -0.3 is 10.0 Å². The van der Waals surface area contributed by atoms with Crippen LogP contribution in [0.5, 0.6) is 0 Å². The predicted octanol–water partition coefficient (Wildman–Crippen LogP) is 1.50. The summed E-state index contributed by atoms with van der Waals surface area (Å²) in [6.07, 6.45) is 5.95. The van der Waals surface area contributed by atoms with Crippen molar-refractivity contribution in [3.8, 4) is 0 Å². The summed E-state index contributed by atoms with van der Waals surface area (Å²) in [5, 5.41) is 9.77. The minimum atomic E-state index is 0.0331. The molecule has 1 N–H and O–H groups in total. The summed E-state index contributed by atoms with van der Waals surface area (Å²) in [7, 11) is 0. The third kappa shape index (κ3) is 2.21. The monoisotopic (exact) mass is 286 g/mol. The van der Waals surface area contributed by atoms with Gasteiger partial charge in [-0.05, 0) is 31.5 Å². The molecule has 5 nitrogen and oxygen atoms in total. The van der Waals surface area contributed by atoms with Crippen molar-refractivity contribution in [2.24, 2.45) is 0 Å². The van der Waals surface area contributed by atoms with E-state index in [4.69, 9.17) is 4.98 Å². The number of pyridine rings is 1. The lowest BCUT2D eigenvalue weighted by Gasteiger charge is -2.44. The van der Waals surface area contributed by atoms with E-state index in [1.165, 1.54) is 25.8 Å². The van der Waals surface area contributed by atoms with E-state index < -0.39 is 0 Å². The molecule has 0 amide bonds. The van der Waals surface area contributed by atoms with Crippen molar-refractivity contribution in [2.45, 2.75) is 31.9 Å². The van der Waals surface area contributed by atoms with Crippen LogP contribution in [-0.2, 0) is 6.61 Å². The van der Waals surface area contributed by atoms with Gasteiger partial charge in [-0.1, -0.05) is 12.5 Å². The second-order valence-electron chi connectivity index (χ2n) is 6.10. The first-order valence-corrected chi connectivity index (χ1v) is 7.92. The van der Waals surface area contributed by atoms with Crippen LogP contribution in [0.2, 0.25) is 0 Å². The van der Waals surface area contributed by atoms with E-state index in [0.29, 0.717) is 6.04 Å². The minimum Gasteiger partial charge on any atom is -0.390 e. The topological polar surface area (TPSA) is 44.0 Å². The van der Waals surface area contributed by atoms with Crippen LogP contribution in [0.15, 0.2) is 24.4 Å². The van der Waals surface area contributed by atoms with Crippen LogP contribution in [0.1, 0.15) is 25.0 Å². The average Bonchev–Trinajstić information content (AvgIpc) is 2.93. The van der Waals surface area contributed by atoms with Crippen LogP contribution in [0, 0.1) is 0 Å². The predicted molar refractivity (Wildman–Crippen MR) is 82.5 cm³/mol. The first-order chi connectivity index (χ1) is 10.4. The molecule has 21 heavy (non-hydrogen) atoms. The SMILES string of the molecule is OCc1c(N2CCN3CCCCC3C2)nc2ccccn12. The number of aliphatic hydroxyl groups is 1. The fourth-order valence-electron chi connectivity index (χ4n) is 3.78. The Morgan fingerprint density at radius 3 is 3.05 bits per heavy atom. The molecule has 0 aromatic carbocycles. The molecule has 5 heteroatoms. The van der Waals surface area contributed by atoms with E-state index >= 15 is 0 Å². The maximum absolute atomic E-state index is 9.77. The van der Waals surface area contributed by atoms with Gasteiger partial charge in [0, 0.05) is 31.9 Å². The van der Waals surface area contributed by atoms with Gasteiger partial charge in [0.25, 0.3) is 0 Å². The van der Waals surface area contributed by atoms with Crippen LogP contribution >= 0.6 is 0 Å². The normalized spacial score (nSPS) is 23.5. The Hall–Kier alpha value is -1.59. The molecule has 2 fully saturated rings. The van der Waals surface area contributed by atoms with Crippen LogP contribution in [0.4, 0.5) is 5.82 Å². The zero-order valence-corrected chi connectivity index (χ0v) is 12.3. The first kappa shape index (κ1) is 13.1. The van der Waals surface area contributed by atoms with Crippen molar-refractivity contribution in [3.63, 3.8) is 0 Å². The molecule has 4 rings (SSSR count). The molecule has 0 aliphatic carbocycles. The number of piperazine rings is 1. The van der Waals surface area contributed by atoms with Crippen molar-refractivity contribution in [2.75, 3.05) is 31.1 Å². The number of anilines is 1. The Balaban J connectivity index is 1.66. The average molecular weight is 286 g/mol. The number of fused-ring (bicyclic) bond motifs is 2. The van der Waals surface area contributed by atoms with E-state index in [1.807, 2.05) is 28.8 Å². The van der Waals surface area contributed by atoms with E-state index in [2.05, 4.69) is 9.80 Å². The van der Waals surface area contributed by atoms with Gasteiger partial charge in [-0.2, -0.15) is 0 Å². The molecule has 1 unspecified atom stereocenters. The quantitative estimate of drug-likeness (QED) is 0.908. The summed E-state index contributed by atoms with van der Waals surface area (Å²) in [4.78, 5) is 9.74. The summed E-state index contributed by atoms with van der Waals surface area (Å²) < 4.78 is 2.00. The molecular formula is C16H22N4O. The number of aliphatic hydroxyl groups excluding tert-OH is 1. The van der Waals surface area contributed by atoms with Gasteiger partial charge in [0.15, 0.2) is 5.82 Å². The lowest BCUT2D eigenvalue weighted by atomic mass is 9.99. The minimum absolute atomic E-state index is 0.0331. The van der Waals surface area contributed by atoms with Crippen LogP contribution in [0.3, 0.4) is 0 Å². The molecule has 0 radical (unpaired) electrons. The van der Waals surface area contributed by atoms with Gasteiger partial charge in [-0.15, -0.1) is 0 Å². The van der Waals surface area contributed by atoms with Crippen molar-refractivity contribution >= 4 is 11.5 Å². The van der Waals surface area contributed by atoms with E-state index in [9.17, 15) is 5.11 Å². The highest BCUT2D eigenvalue weighted by Crippen LogP contribution is 2.27. The second-order valence-corrected chi connectivity index (χ2v) is 6.10. The van der Waals surface area contributed by atoms with Gasteiger partial charge in [-0.25, -0.2) is 4.98 Å². The molecule has 2 aliphatic rings. The molecule has 112 valence electrons. The Bertz CT molecular complexity index is 638. The third-order valence-corrected chi connectivity index (χ3v) is 4.89. The Morgan fingerprint density at radius 2 is 2.14 bits per heavy atom. The molecule has 2 saturated heterocycles. The Morgan fingerprint density at radius 1 is 1.19 bits per heavy atom. The molecule has 1 atom stereocenters. The summed E-state index contributed by atoms with van der Waals surface area (Å²) in [6.45, 7) is 4.44. The van der Waals surface area contributed by atoms with E-state index in [-0.39, 0.29) is 6.61 Å². The van der Waals surface area contributed by atoms with Crippen molar-refractivity contribution in [1.29, 1.82) is 0 Å². The van der Waals surface area contributed by atoms with Gasteiger partial charge in [-0.3, -0.25) is 9.30 Å². The third-order valence-electron chi connectivity index (χ3n) is 4.89. The number of hydrogen-bond acceptors (Lipinski definition) is 4. The lowest BCUT2D eigenvalue weighted by molar-refractivity contribution is 0.133. The number of imidazole rings is 1. The van der Waals surface area contributed by atoms with E-state index in [1.54, 1.807) is 0 Å². The van der Waals surface area contributed by atoms with Crippen molar-refractivity contribution < 1.29 is 5.11 Å². The summed E-state index contributed by atoms with van der Waals surface area (Å²) in [5.74, 6) is 0.967. The van der Waals surface area contributed by atoms with Crippen molar-refractivity contribution in [3.05, 3.63) is 30.1 Å². The number of hydrogen-bond donors (Lipinski definition) is 1. The van der Waals surface area contributed by atoms with Crippen LogP contribution < -0.4 is 4.90 Å². The number of rotatable bonds is 2. The van der Waals surface area contributed by atoms with Gasteiger partial charge in [0.2, 0.25) is 0 Å². The van der Waals surface area contributed by atoms with Gasteiger partial charge >= 0.3 is 0 Å². The Kier molecular flexibility index (Phi) is 3.31. The zero-order valence-electron chi connectivity index (χ0n) is 12.3. The zero-order chi connectivity index (χ0) is 14.2. The molecule has 0 spiro atoms. The maximum Gasteiger partial charge on any atom is 0.153 e. The Labute approximate surface area is 124 Å². The standard InChI is InChI=1S/C16H22N4O/c21-12-14-16(17-15-6-2-4-8-20(14)15)19-10-9-18-7-3-1-5-13(18)11-19/h2,4,6,8,13,21H,1,3,5,7,9-12H2. The highest BCUT2D eigenvalue weighted by molar-refractivity contribution is 5.56. The fourth-order valence-corrected chi connectivity index (χ4v) is 3.78. The molecule has 0 bridgehead atoms. The molecule has 4 heterocycles. The second kappa shape index (κ2) is 5.31. The maximum atomic E-state index is 9.77. The highest BCUT2D eigenvalue weighted by Gasteiger charge is 2.31. The fraction of sp³-hybridized carbons (Fsp3) is 0.562. The van der Waals surface area contributed by atoms with Crippen LogP contribution in [0.25, 0.3) is 5.65 Å². The number of piperidine rings is 1. The largest absolute Gasteiger partial charge is 0.390 e. The summed E-state index contributed by atoms with van der Waals surface area (Å²) >= 11 is 0. The molecule has 2 aliphatic heterocycles. The molecule has 2 aromatic heterocycles. The number of aromatic nitrogens is 2. The van der Waals surface area contributed by atoms with Crippen molar-refractivity contribution in [1.82, 2.24) is 14.3 Å². The molecular weight excluding hydrogens is 264 g/mol. The number of nitrogens with zero attached hydrogens (tertiary/aromatic N) is 4. The lowest BCUT2D eigenvalue weighted by Crippen LogP contribution is -2.55. The highest BCUT2D eigenvalue weighted by atomic mass is 16.3. The summed E-state index contributed by atoms with van der Waals surface area (Å²) in [6, 6.07) is 6.63. The van der Waals surface area contributed by atoms with E-state index in [0.717, 1.165) is 36.8 Å². The van der Waals surface area contributed by atoms with Crippen LogP contribution in [-0.4, -0.2) is 51.6 Å². The van der Waals surface area contributed by atoms with Gasteiger partial charge in [0.1, 0.15) is 5.65 Å². The molecule has 0 saturated carbocycles. The molecule has 2 aromatic rings. The first-order valence-electron chi connectivity index (χ1n) is 7.92.